The van der Waals surface area contributed by atoms with E-state index in [0.29, 0.717) is 25.4 Å². The smallest absolute Gasteiger partial charge is 0.243 e. The molecule has 27 heavy (non-hydrogen) atoms. The van der Waals surface area contributed by atoms with E-state index >= 15 is 0 Å². The third kappa shape index (κ3) is 5.23. The second kappa shape index (κ2) is 10.1. The van der Waals surface area contributed by atoms with Gasteiger partial charge < -0.3 is 15.5 Å². The molecule has 1 saturated heterocycles. The monoisotopic (exact) mass is 393 g/mol. The van der Waals surface area contributed by atoms with E-state index in [1.807, 2.05) is 26.0 Å². The predicted octanol–water partition coefficient (Wildman–Crippen LogP) is 2.52. The predicted molar refractivity (Wildman–Crippen MR) is 110 cm³/mol. The summed E-state index contributed by atoms with van der Waals surface area (Å²) in [5.41, 5.74) is 2.34. The first-order valence-electron chi connectivity index (χ1n) is 9.95. The van der Waals surface area contributed by atoms with E-state index in [1.54, 1.807) is 4.90 Å². The van der Waals surface area contributed by atoms with Gasteiger partial charge in [-0.1, -0.05) is 38.1 Å². The topological polar surface area (TPSA) is 61.4 Å². The quantitative estimate of drug-likeness (QED) is 0.808. The largest absolute Gasteiger partial charge is 0.354 e. The number of benzene rings is 1. The zero-order valence-electron chi connectivity index (χ0n) is 16.4. The first-order valence-corrected chi connectivity index (χ1v) is 9.95. The van der Waals surface area contributed by atoms with Crippen LogP contribution in [-0.2, 0) is 22.6 Å². The van der Waals surface area contributed by atoms with E-state index in [4.69, 9.17) is 0 Å². The lowest BCUT2D eigenvalue weighted by Gasteiger charge is -2.37. The van der Waals surface area contributed by atoms with Crippen LogP contribution in [0.5, 0.6) is 0 Å². The molecule has 0 aliphatic carbocycles. The first-order chi connectivity index (χ1) is 12.6. The van der Waals surface area contributed by atoms with Gasteiger partial charge in [0.2, 0.25) is 11.8 Å². The van der Waals surface area contributed by atoms with Gasteiger partial charge in [0.15, 0.2) is 0 Å². The highest BCUT2D eigenvalue weighted by Crippen LogP contribution is 2.25. The Labute approximate surface area is 168 Å². The minimum Gasteiger partial charge on any atom is -0.354 e. The summed E-state index contributed by atoms with van der Waals surface area (Å²) in [5.74, 6) is 0.503. The van der Waals surface area contributed by atoms with E-state index in [0.717, 1.165) is 37.9 Å². The molecule has 3 rings (SSSR count). The molecule has 1 fully saturated rings. The SMILES string of the molecule is CCC(C)C(=O)N1Cc2ccccc2CC1C(=O)NCC1CCCNC1.Cl. The Bertz CT molecular complexity index is 646. The van der Waals surface area contributed by atoms with Gasteiger partial charge in [0.1, 0.15) is 6.04 Å². The molecule has 2 heterocycles. The second-order valence-corrected chi connectivity index (χ2v) is 7.72. The summed E-state index contributed by atoms with van der Waals surface area (Å²) < 4.78 is 0. The normalized spacial score (nSPS) is 23.0. The molecule has 6 heteroatoms. The van der Waals surface area contributed by atoms with Crippen LogP contribution in [0.1, 0.15) is 44.2 Å². The number of nitrogens with one attached hydrogen (secondary N) is 2. The van der Waals surface area contributed by atoms with Gasteiger partial charge in [-0.15, -0.1) is 12.4 Å². The number of hydrogen-bond acceptors (Lipinski definition) is 3. The van der Waals surface area contributed by atoms with Crippen molar-refractivity contribution >= 4 is 24.2 Å². The number of hydrogen-bond donors (Lipinski definition) is 2. The molecule has 2 N–H and O–H groups in total. The highest BCUT2D eigenvalue weighted by molar-refractivity contribution is 5.89. The highest BCUT2D eigenvalue weighted by Gasteiger charge is 2.35. The van der Waals surface area contributed by atoms with E-state index in [9.17, 15) is 9.59 Å². The van der Waals surface area contributed by atoms with Gasteiger partial charge in [-0.05, 0) is 49.4 Å². The third-order valence-electron chi connectivity index (χ3n) is 5.83. The molecule has 3 unspecified atom stereocenters. The maximum absolute atomic E-state index is 13.0. The number of nitrogens with zero attached hydrogens (tertiary/aromatic N) is 1. The standard InChI is InChI=1S/C21H31N3O2.ClH/c1-3-15(2)21(26)24-14-18-9-5-4-8-17(18)11-19(24)20(25)23-13-16-7-6-10-22-12-16;/h4-5,8-9,15-16,19,22H,3,6-7,10-14H2,1-2H3,(H,23,25);1H. The minimum absolute atomic E-state index is 0. The van der Waals surface area contributed by atoms with Gasteiger partial charge in [0.25, 0.3) is 0 Å². The summed E-state index contributed by atoms with van der Waals surface area (Å²) in [7, 11) is 0. The van der Waals surface area contributed by atoms with Crippen LogP contribution in [0.2, 0.25) is 0 Å². The summed E-state index contributed by atoms with van der Waals surface area (Å²) in [4.78, 5) is 27.6. The van der Waals surface area contributed by atoms with Crippen LogP contribution in [0.25, 0.3) is 0 Å². The lowest BCUT2D eigenvalue weighted by atomic mass is 9.91. The number of rotatable bonds is 5. The summed E-state index contributed by atoms with van der Waals surface area (Å²) in [5, 5.41) is 6.51. The molecule has 1 aromatic carbocycles. The average molecular weight is 394 g/mol. The Morgan fingerprint density at radius 1 is 1.30 bits per heavy atom. The fourth-order valence-corrected chi connectivity index (χ4v) is 3.91. The lowest BCUT2D eigenvalue weighted by molar-refractivity contribution is -0.144. The van der Waals surface area contributed by atoms with Gasteiger partial charge in [0.05, 0.1) is 0 Å². The molecule has 2 aliphatic heterocycles. The van der Waals surface area contributed by atoms with Gasteiger partial charge in [0, 0.05) is 25.4 Å². The number of carbonyl (C=O) groups excluding carboxylic acids is 2. The van der Waals surface area contributed by atoms with Crippen LogP contribution >= 0.6 is 12.4 Å². The zero-order chi connectivity index (χ0) is 18.5. The molecular formula is C21H32ClN3O2. The molecule has 0 spiro atoms. The second-order valence-electron chi connectivity index (χ2n) is 7.72. The van der Waals surface area contributed by atoms with Crippen molar-refractivity contribution < 1.29 is 9.59 Å². The van der Waals surface area contributed by atoms with Crippen LogP contribution in [0.15, 0.2) is 24.3 Å². The van der Waals surface area contributed by atoms with Crippen molar-refractivity contribution in [2.45, 2.75) is 52.1 Å². The van der Waals surface area contributed by atoms with Gasteiger partial charge >= 0.3 is 0 Å². The van der Waals surface area contributed by atoms with Crippen molar-refractivity contribution in [1.29, 1.82) is 0 Å². The third-order valence-corrected chi connectivity index (χ3v) is 5.83. The van der Waals surface area contributed by atoms with Crippen molar-refractivity contribution in [2.75, 3.05) is 19.6 Å². The molecule has 0 saturated carbocycles. The maximum atomic E-state index is 13.0. The fourth-order valence-electron chi connectivity index (χ4n) is 3.91. The Balaban J connectivity index is 0.00000261. The van der Waals surface area contributed by atoms with Gasteiger partial charge in [-0.25, -0.2) is 0 Å². The van der Waals surface area contributed by atoms with Crippen LogP contribution in [0.3, 0.4) is 0 Å². The molecule has 0 bridgehead atoms. The Hall–Kier alpha value is -1.59. The number of piperidine rings is 1. The van der Waals surface area contributed by atoms with Crippen molar-refractivity contribution in [2.24, 2.45) is 11.8 Å². The molecular weight excluding hydrogens is 362 g/mol. The zero-order valence-corrected chi connectivity index (χ0v) is 17.2. The first kappa shape index (κ1) is 21.7. The molecule has 2 amide bonds. The Morgan fingerprint density at radius 3 is 2.70 bits per heavy atom. The fraction of sp³-hybridized carbons (Fsp3) is 0.619. The van der Waals surface area contributed by atoms with Crippen LogP contribution in [-0.4, -0.2) is 42.4 Å². The van der Waals surface area contributed by atoms with E-state index in [2.05, 4.69) is 22.8 Å². The van der Waals surface area contributed by atoms with E-state index in [-0.39, 0.29) is 30.1 Å². The van der Waals surface area contributed by atoms with Crippen molar-refractivity contribution in [1.82, 2.24) is 15.5 Å². The molecule has 0 aromatic heterocycles. The van der Waals surface area contributed by atoms with E-state index in [1.165, 1.54) is 5.56 Å². The number of carbonyl (C=O) groups is 2. The molecule has 150 valence electrons. The summed E-state index contributed by atoms with van der Waals surface area (Å²) in [6.45, 7) is 7.22. The average Bonchev–Trinajstić information content (AvgIpc) is 2.70. The summed E-state index contributed by atoms with van der Waals surface area (Å²) >= 11 is 0. The van der Waals surface area contributed by atoms with Crippen molar-refractivity contribution in [3.63, 3.8) is 0 Å². The van der Waals surface area contributed by atoms with Crippen molar-refractivity contribution in [3.05, 3.63) is 35.4 Å². The summed E-state index contributed by atoms with van der Waals surface area (Å²) in [6.07, 6.45) is 3.71. The minimum atomic E-state index is -0.400. The molecule has 2 aliphatic rings. The van der Waals surface area contributed by atoms with Crippen molar-refractivity contribution in [3.8, 4) is 0 Å². The Morgan fingerprint density at radius 2 is 2.04 bits per heavy atom. The maximum Gasteiger partial charge on any atom is 0.243 e. The summed E-state index contributed by atoms with van der Waals surface area (Å²) in [6, 6.07) is 7.75. The molecule has 3 atom stereocenters. The number of halogens is 1. The highest BCUT2D eigenvalue weighted by atomic mass is 35.5. The molecule has 1 aromatic rings. The molecule has 5 nitrogen and oxygen atoms in total. The lowest BCUT2D eigenvalue weighted by Crippen LogP contribution is -2.54. The number of amides is 2. The van der Waals surface area contributed by atoms with Crippen LogP contribution in [0.4, 0.5) is 0 Å². The number of fused-ring (bicyclic) bond motifs is 1. The van der Waals surface area contributed by atoms with E-state index < -0.39 is 6.04 Å². The molecule has 0 radical (unpaired) electrons. The van der Waals surface area contributed by atoms with Gasteiger partial charge in [-0.3, -0.25) is 9.59 Å². The van der Waals surface area contributed by atoms with Crippen LogP contribution in [0, 0.1) is 11.8 Å². The van der Waals surface area contributed by atoms with Crippen LogP contribution < -0.4 is 10.6 Å². The van der Waals surface area contributed by atoms with Gasteiger partial charge in [-0.2, -0.15) is 0 Å². The Kier molecular flexibility index (Phi) is 8.11.